The summed E-state index contributed by atoms with van der Waals surface area (Å²) in [6.07, 6.45) is 1.54. The largest absolute Gasteiger partial charge is 0.481 e. The minimum absolute atomic E-state index is 0.204. The molecule has 1 N–H and O–H groups in total. The fourth-order valence-corrected chi connectivity index (χ4v) is 1.78. The van der Waals surface area contributed by atoms with Gasteiger partial charge in [0.1, 0.15) is 4.60 Å². The zero-order valence-electron chi connectivity index (χ0n) is 10.3. The predicted octanol–water partition coefficient (Wildman–Crippen LogP) is 2.20. The van der Waals surface area contributed by atoms with Crippen molar-refractivity contribution in [3.63, 3.8) is 0 Å². The van der Waals surface area contributed by atoms with Gasteiger partial charge < -0.3 is 4.74 Å². The topological polar surface area (TPSA) is 77.0 Å². The number of aromatic nitrogens is 3. The van der Waals surface area contributed by atoms with Crippen LogP contribution in [0.2, 0.25) is 0 Å². The SMILES string of the molecule is COc1cc(C)nc(NC(=O)c2ccnc(Br)c2)n1. The number of ether oxygens (including phenoxy) is 1. The molecule has 0 bridgehead atoms. The number of pyridine rings is 1. The molecular weight excluding hydrogens is 312 g/mol. The quantitative estimate of drug-likeness (QED) is 0.876. The van der Waals surface area contributed by atoms with E-state index >= 15 is 0 Å². The zero-order valence-corrected chi connectivity index (χ0v) is 11.9. The first-order chi connectivity index (χ1) is 9.08. The predicted molar refractivity (Wildman–Crippen MR) is 73.2 cm³/mol. The number of carbonyl (C=O) groups is 1. The van der Waals surface area contributed by atoms with Gasteiger partial charge >= 0.3 is 0 Å². The lowest BCUT2D eigenvalue weighted by Gasteiger charge is -2.06. The molecule has 0 spiro atoms. The molecule has 19 heavy (non-hydrogen) atoms. The molecule has 0 saturated carbocycles. The molecule has 0 atom stereocenters. The first-order valence-corrected chi connectivity index (χ1v) is 6.20. The van der Waals surface area contributed by atoms with E-state index < -0.39 is 0 Å². The Labute approximate surface area is 118 Å². The first-order valence-electron chi connectivity index (χ1n) is 5.41. The van der Waals surface area contributed by atoms with Crippen molar-refractivity contribution in [2.45, 2.75) is 6.92 Å². The van der Waals surface area contributed by atoms with Crippen molar-refractivity contribution in [3.8, 4) is 5.88 Å². The van der Waals surface area contributed by atoms with Gasteiger partial charge in [0.2, 0.25) is 11.8 Å². The van der Waals surface area contributed by atoms with E-state index in [-0.39, 0.29) is 11.9 Å². The summed E-state index contributed by atoms with van der Waals surface area (Å²) in [5, 5.41) is 2.61. The molecule has 0 aliphatic carbocycles. The molecule has 0 saturated heterocycles. The third-order valence-electron chi connectivity index (χ3n) is 2.25. The number of halogens is 1. The molecule has 1 amide bonds. The maximum absolute atomic E-state index is 12.0. The van der Waals surface area contributed by atoms with Gasteiger partial charge in [0, 0.05) is 23.5 Å². The molecule has 0 aromatic carbocycles. The first kappa shape index (κ1) is 13.4. The Hall–Kier alpha value is -2.02. The van der Waals surface area contributed by atoms with Gasteiger partial charge in [-0.25, -0.2) is 9.97 Å². The van der Waals surface area contributed by atoms with Crippen molar-refractivity contribution < 1.29 is 9.53 Å². The molecule has 6 nitrogen and oxygen atoms in total. The normalized spacial score (nSPS) is 10.1. The number of anilines is 1. The van der Waals surface area contributed by atoms with Crippen LogP contribution in [0.5, 0.6) is 5.88 Å². The Morgan fingerprint density at radius 2 is 2.16 bits per heavy atom. The molecule has 0 aliphatic heterocycles. The van der Waals surface area contributed by atoms with Crippen LogP contribution in [0.4, 0.5) is 5.95 Å². The molecule has 98 valence electrons. The number of amides is 1. The molecule has 2 aromatic rings. The maximum atomic E-state index is 12.0. The molecule has 2 heterocycles. The average molecular weight is 323 g/mol. The highest BCUT2D eigenvalue weighted by Gasteiger charge is 2.10. The fraction of sp³-hybridized carbons (Fsp3) is 0.167. The fourth-order valence-electron chi connectivity index (χ4n) is 1.42. The molecule has 2 aromatic heterocycles. The van der Waals surface area contributed by atoms with Crippen molar-refractivity contribution in [1.82, 2.24) is 15.0 Å². The Morgan fingerprint density at radius 1 is 1.37 bits per heavy atom. The maximum Gasteiger partial charge on any atom is 0.258 e. The van der Waals surface area contributed by atoms with Crippen LogP contribution in [-0.2, 0) is 0 Å². The molecule has 2 rings (SSSR count). The molecule has 0 radical (unpaired) electrons. The van der Waals surface area contributed by atoms with Crippen LogP contribution >= 0.6 is 15.9 Å². The number of hydrogen-bond donors (Lipinski definition) is 1. The third kappa shape index (κ3) is 3.47. The summed E-state index contributed by atoms with van der Waals surface area (Å²) in [6.45, 7) is 1.79. The zero-order chi connectivity index (χ0) is 13.8. The van der Waals surface area contributed by atoms with Crippen molar-refractivity contribution in [2.75, 3.05) is 12.4 Å². The van der Waals surface area contributed by atoms with Crippen molar-refractivity contribution in [2.24, 2.45) is 0 Å². The summed E-state index contributed by atoms with van der Waals surface area (Å²) in [4.78, 5) is 24.1. The van der Waals surface area contributed by atoms with Crippen molar-refractivity contribution in [3.05, 3.63) is 40.3 Å². The highest BCUT2D eigenvalue weighted by Crippen LogP contribution is 2.13. The summed E-state index contributed by atoms with van der Waals surface area (Å²) in [5.41, 5.74) is 1.17. The van der Waals surface area contributed by atoms with Gasteiger partial charge in [-0.05, 0) is 35.0 Å². The average Bonchev–Trinajstić information content (AvgIpc) is 2.38. The van der Waals surface area contributed by atoms with Crippen LogP contribution in [0.25, 0.3) is 0 Å². The highest BCUT2D eigenvalue weighted by atomic mass is 79.9. The van der Waals surface area contributed by atoms with E-state index in [4.69, 9.17) is 4.74 Å². The second kappa shape index (κ2) is 5.75. The minimum Gasteiger partial charge on any atom is -0.481 e. The highest BCUT2D eigenvalue weighted by molar-refractivity contribution is 9.10. The van der Waals surface area contributed by atoms with Crippen molar-refractivity contribution >= 4 is 27.8 Å². The van der Waals surface area contributed by atoms with Gasteiger partial charge in [-0.3, -0.25) is 10.1 Å². The second-order valence-corrected chi connectivity index (χ2v) is 4.51. The number of aryl methyl sites for hydroxylation is 1. The standard InChI is InChI=1S/C12H11BrN4O2/c1-7-5-10(19-2)16-12(15-7)17-11(18)8-3-4-14-9(13)6-8/h3-6H,1-2H3,(H,15,16,17,18). The van der Waals surface area contributed by atoms with Gasteiger partial charge in [-0.15, -0.1) is 0 Å². The second-order valence-electron chi connectivity index (χ2n) is 3.70. The van der Waals surface area contributed by atoms with Crippen LogP contribution in [0, 0.1) is 6.92 Å². The lowest BCUT2D eigenvalue weighted by molar-refractivity contribution is 0.102. The summed E-state index contributed by atoms with van der Waals surface area (Å²) in [6, 6.07) is 4.90. The smallest absolute Gasteiger partial charge is 0.258 e. The Balaban J connectivity index is 2.21. The number of rotatable bonds is 3. The lowest BCUT2D eigenvalue weighted by Crippen LogP contribution is -2.15. The molecule has 0 aliphatic rings. The number of hydrogen-bond acceptors (Lipinski definition) is 5. The van der Waals surface area contributed by atoms with Gasteiger partial charge in [0.15, 0.2) is 0 Å². The summed E-state index contributed by atoms with van der Waals surface area (Å²) >= 11 is 3.21. The van der Waals surface area contributed by atoms with Crippen LogP contribution in [0.1, 0.15) is 16.1 Å². The van der Waals surface area contributed by atoms with E-state index in [1.165, 1.54) is 13.3 Å². The van der Waals surface area contributed by atoms with Crippen LogP contribution in [0.3, 0.4) is 0 Å². The summed E-state index contributed by atoms with van der Waals surface area (Å²) < 4.78 is 5.61. The summed E-state index contributed by atoms with van der Waals surface area (Å²) in [5.74, 6) is 0.296. The van der Waals surface area contributed by atoms with Crippen LogP contribution in [-0.4, -0.2) is 28.0 Å². The van der Waals surface area contributed by atoms with Crippen LogP contribution < -0.4 is 10.1 Å². The van der Waals surface area contributed by atoms with E-state index in [0.717, 1.165) is 0 Å². The molecular formula is C12H11BrN4O2. The Kier molecular flexibility index (Phi) is 4.06. The van der Waals surface area contributed by atoms with Gasteiger partial charge in [0.25, 0.3) is 5.91 Å². The number of nitrogens with one attached hydrogen (secondary N) is 1. The third-order valence-corrected chi connectivity index (χ3v) is 2.69. The van der Waals surface area contributed by atoms with E-state index in [1.54, 1.807) is 25.1 Å². The molecule has 0 fully saturated rings. The minimum atomic E-state index is -0.309. The van der Waals surface area contributed by atoms with Gasteiger partial charge in [-0.2, -0.15) is 4.98 Å². The van der Waals surface area contributed by atoms with E-state index in [2.05, 4.69) is 36.2 Å². The van der Waals surface area contributed by atoms with E-state index in [9.17, 15) is 4.79 Å². The van der Waals surface area contributed by atoms with Crippen LogP contribution in [0.15, 0.2) is 29.0 Å². The number of nitrogens with zero attached hydrogens (tertiary/aromatic N) is 3. The number of methoxy groups -OCH3 is 1. The lowest BCUT2D eigenvalue weighted by atomic mass is 10.2. The van der Waals surface area contributed by atoms with E-state index in [1.807, 2.05) is 0 Å². The molecule has 7 heteroatoms. The monoisotopic (exact) mass is 322 g/mol. The number of carbonyl (C=O) groups excluding carboxylic acids is 1. The van der Waals surface area contributed by atoms with Gasteiger partial charge in [0.05, 0.1) is 7.11 Å². The van der Waals surface area contributed by atoms with Crippen molar-refractivity contribution in [1.29, 1.82) is 0 Å². The summed E-state index contributed by atoms with van der Waals surface area (Å²) in [7, 11) is 1.51. The van der Waals surface area contributed by atoms with E-state index in [0.29, 0.717) is 21.7 Å². The Bertz CT molecular complexity index is 618. The molecule has 0 unspecified atom stereocenters. The Morgan fingerprint density at radius 3 is 2.84 bits per heavy atom. The van der Waals surface area contributed by atoms with Gasteiger partial charge in [-0.1, -0.05) is 0 Å².